The standard InChI is InChI=1S/C13H18N2O3.C13H18N2O2.2C13H17NO4.C13H17NO3.C9H13NO4.C8H10N2O/c1-13(2,3)18-12(16)14-8-10-5-4-6-11(7-10)9-15-17;1-2-3-7-13(16)14-9-11-5-4-6-12(8-11)10-15-17;2*1-13(2,3)18-12(17)14-8-9-5-4-6-10(7-9)11(15)16;1-13(2,3)17-12(16)14-8-10-5-4-6-11(7-10)9-15;1-2-3-4-9(13)14-10-7(11)5-6-8(10)12;9-5-7-2-1-3-8(4-7)6-10-11/h4-7,9,17H,8H2,1-3H3,(H,14,16);4-6,8,10,17H,2-3,7,9H2,1H3,(H,14,16);2*4-7H,8H2,1-3H3,(H,14,17)(H,15,16);4-7,9H,8H2,1-3H3,(H,14,16);2-6H2,1H3;1-4,6,11H,5,9H2/b15-9+;15-10+;;;;;10-6+. The molecule has 1 heterocycles. The first-order valence-electron chi connectivity index (χ1n) is 36.0. The number of oxime groups is 3. The van der Waals surface area contributed by atoms with Crippen molar-refractivity contribution >= 4 is 84.9 Å². The van der Waals surface area contributed by atoms with Gasteiger partial charge in [-0.3, -0.25) is 19.2 Å². The van der Waals surface area contributed by atoms with Gasteiger partial charge in [-0.15, -0.1) is 5.06 Å². The third kappa shape index (κ3) is 49.3. The van der Waals surface area contributed by atoms with E-state index >= 15 is 0 Å². The number of rotatable bonds is 24. The molecule has 1 aliphatic heterocycles. The van der Waals surface area contributed by atoms with E-state index in [4.69, 9.17) is 50.5 Å². The van der Waals surface area contributed by atoms with Crippen LogP contribution in [-0.2, 0) is 82.2 Å². The van der Waals surface area contributed by atoms with Crippen molar-refractivity contribution in [3.8, 4) is 0 Å². The van der Waals surface area contributed by atoms with E-state index in [2.05, 4.69) is 53.8 Å². The Morgan fingerprint density at radius 3 is 1.01 bits per heavy atom. The van der Waals surface area contributed by atoms with Crippen LogP contribution in [0, 0.1) is 0 Å². The lowest BCUT2D eigenvalue weighted by molar-refractivity contribution is -0.197. The number of carboxylic acids is 2. The van der Waals surface area contributed by atoms with Crippen molar-refractivity contribution < 1.29 is 102 Å². The fourth-order valence-electron chi connectivity index (χ4n) is 8.68. The van der Waals surface area contributed by atoms with Crippen molar-refractivity contribution in [1.82, 2.24) is 31.6 Å². The molecule has 7 rings (SSSR count). The van der Waals surface area contributed by atoms with Gasteiger partial charge in [0.15, 0.2) is 0 Å². The molecule has 0 aliphatic carbocycles. The van der Waals surface area contributed by atoms with Crippen LogP contribution >= 0.6 is 0 Å². The number of carbonyl (C=O) groups is 11. The maximum atomic E-state index is 11.4. The van der Waals surface area contributed by atoms with Crippen molar-refractivity contribution in [1.29, 1.82) is 0 Å². The fourth-order valence-corrected chi connectivity index (χ4v) is 8.68. The summed E-state index contributed by atoms with van der Waals surface area (Å²) >= 11 is 0. The predicted molar refractivity (Wildman–Crippen MR) is 424 cm³/mol. The van der Waals surface area contributed by atoms with Crippen molar-refractivity contribution in [2.24, 2.45) is 21.2 Å². The quantitative estimate of drug-likeness (QED) is 0.00669. The van der Waals surface area contributed by atoms with Crippen LogP contribution in [0.5, 0.6) is 0 Å². The lowest BCUT2D eigenvalue weighted by Gasteiger charge is -2.19. The third-order valence-corrected chi connectivity index (χ3v) is 13.7. The first-order chi connectivity index (χ1) is 53.1. The summed E-state index contributed by atoms with van der Waals surface area (Å²) in [7, 11) is 0. The van der Waals surface area contributed by atoms with Crippen LogP contribution in [0.25, 0.3) is 0 Å². The number of hydrogen-bond donors (Lipinski definition) is 11. The molecule has 12 N–H and O–H groups in total. The van der Waals surface area contributed by atoms with Gasteiger partial charge in [-0.25, -0.2) is 33.6 Å². The molecule has 1 fully saturated rings. The van der Waals surface area contributed by atoms with Gasteiger partial charge in [-0.2, -0.15) is 0 Å². The zero-order valence-corrected chi connectivity index (χ0v) is 66.7. The van der Waals surface area contributed by atoms with Crippen molar-refractivity contribution in [3.05, 3.63) is 212 Å². The molecule has 1 saturated heterocycles. The number of aromatic carboxylic acids is 2. The van der Waals surface area contributed by atoms with Gasteiger partial charge in [0.25, 0.3) is 11.8 Å². The lowest BCUT2D eigenvalue weighted by atomic mass is 10.1. The molecule has 0 bridgehead atoms. The van der Waals surface area contributed by atoms with Gasteiger partial charge in [0, 0.05) is 70.5 Å². The minimum Gasteiger partial charge on any atom is -0.478 e. The number of carboxylic acid groups (broad SMARTS) is 2. The molecule has 0 spiro atoms. The van der Waals surface area contributed by atoms with Crippen LogP contribution in [0.15, 0.2) is 161 Å². The van der Waals surface area contributed by atoms with Crippen LogP contribution in [0.3, 0.4) is 0 Å². The van der Waals surface area contributed by atoms with E-state index in [1.54, 1.807) is 111 Å². The summed E-state index contributed by atoms with van der Waals surface area (Å²) in [6.45, 7) is 27.7. The second kappa shape index (κ2) is 52.5. The van der Waals surface area contributed by atoms with E-state index in [1.165, 1.54) is 42.9 Å². The van der Waals surface area contributed by atoms with Gasteiger partial charge in [-0.1, -0.05) is 139 Å². The number of unbranched alkanes of at least 4 members (excludes halogenated alkanes) is 2. The number of aldehydes is 1. The molecular weight excluding hydrogens is 1460 g/mol. The van der Waals surface area contributed by atoms with Crippen molar-refractivity contribution in [2.75, 3.05) is 0 Å². The molecular formula is C82H110N10O21. The first-order valence-corrected chi connectivity index (χ1v) is 36.0. The number of nitrogens with two attached hydrogens (primary N) is 1. The molecule has 31 nitrogen and oxygen atoms in total. The Morgan fingerprint density at radius 1 is 0.425 bits per heavy atom. The van der Waals surface area contributed by atoms with Gasteiger partial charge in [0.1, 0.15) is 28.7 Å². The minimum absolute atomic E-state index is 0.0769. The summed E-state index contributed by atoms with van der Waals surface area (Å²) < 4.78 is 20.4. The van der Waals surface area contributed by atoms with E-state index in [9.17, 15) is 52.7 Å². The second-order valence-corrected chi connectivity index (χ2v) is 28.5. The largest absolute Gasteiger partial charge is 0.478 e. The molecule has 1 aliphatic rings. The fraction of sp³-hybridized carbons (Fsp3) is 0.390. The lowest BCUT2D eigenvalue weighted by Crippen LogP contribution is -2.32. The van der Waals surface area contributed by atoms with E-state index in [0.717, 1.165) is 64.5 Å². The van der Waals surface area contributed by atoms with Crippen LogP contribution in [0.2, 0.25) is 0 Å². The highest BCUT2D eigenvalue weighted by atomic mass is 16.7. The zero-order chi connectivity index (χ0) is 85.2. The first kappa shape index (κ1) is 98.5. The molecule has 0 unspecified atom stereocenters. The molecule has 6 aromatic rings. The average Bonchev–Trinajstić information content (AvgIpc) is 1.85. The SMILES string of the molecule is CC(C)(C)OC(=O)NCc1cccc(/C=N/O)c1.CC(C)(C)OC(=O)NCc1cccc(C(=O)O)c1.CC(C)(C)OC(=O)NCc1cccc(C(=O)O)c1.CC(C)(C)OC(=O)NCc1cccc(C=O)c1.CCCCC(=O)NCc1cccc(/C=N/O)c1.CCCCC(=O)ON1C(=O)CCC1=O.NCc1cccc(/C=N/O)c1. The minimum atomic E-state index is -0.992. The van der Waals surface area contributed by atoms with Crippen molar-refractivity contribution in [3.63, 3.8) is 0 Å². The molecule has 0 aromatic heterocycles. The topological polar surface area (TPSA) is 462 Å². The number of hydrogen-bond acceptors (Lipinski definition) is 23. The monoisotopic (exact) mass is 1570 g/mol. The highest BCUT2D eigenvalue weighted by Gasteiger charge is 2.32. The summed E-state index contributed by atoms with van der Waals surface area (Å²) in [5.74, 6) is -3.29. The summed E-state index contributed by atoms with van der Waals surface area (Å²) in [6.07, 6.45) is 7.49. The van der Waals surface area contributed by atoms with E-state index < -0.39 is 76.5 Å². The summed E-state index contributed by atoms with van der Waals surface area (Å²) in [5.41, 5.74) is 11.9. The summed E-state index contributed by atoms with van der Waals surface area (Å²) in [5, 5.41) is 65.4. The highest BCUT2D eigenvalue weighted by Crippen LogP contribution is 2.16. The smallest absolute Gasteiger partial charge is 0.407 e. The third-order valence-electron chi connectivity index (χ3n) is 13.7. The van der Waals surface area contributed by atoms with Crippen molar-refractivity contribution in [2.45, 2.75) is 210 Å². The maximum absolute atomic E-state index is 11.4. The predicted octanol–water partition coefficient (Wildman–Crippen LogP) is 13.9. The molecule has 0 atom stereocenters. The van der Waals surface area contributed by atoms with Gasteiger partial charge < -0.3 is 81.9 Å². The van der Waals surface area contributed by atoms with E-state index in [-0.39, 0.29) is 49.4 Å². The molecule has 113 heavy (non-hydrogen) atoms. The number of alkyl carbamates (subject to hydrolysis) is 4. The highest BCUT2D eigenvalue weighted by molar-refractivity contribution is 6.01. The maximum Gasteiger partial charge on any atom is 0.407 e. The number of hydroxylamine groups is 2. The molecule has 614 valence electrons. The Morgan fingerprint density at radius 2 is 0.708 bits per heavy atom. The number of benzene rings is 6. The second-order valence-electron chi connectivity index (χ2n) is 28.5. The van der Waals surface area contributed by atoms with Gasteiger partial charge in [0.2, 0.25) is 5.91 Å². The van der Waals surface area contributed by atoms with Crippen LogP contribution in [0.4, 0.5) is 19.2 Å². The summed E-state index contributed by atoms with van der Waals surface area (Å²) in [4.78, 5) is 127. The van der Waals surface area contributed by atoms with E-state index in [1.807, 2.05) is 100 Å². The molecule has 7 amide bonds. The number of amides is 7. The summed E-state index contributed by atoms with van der Waals surface area (Å²) in [6, 6.07) is 42.2. The van der Waals surface area contributed by atoms with Crippen LogP contribution in [-0.4, -0.2) is 138 Å². The zero-order valence-electron chi connectivity index (χ0n) is 66.7. The molecule has 0 saturated carbocycles. The van der Waals surface area contributed by atoms with Gasteiger partial charge in [-0.05, 0) is 195 Å². The Balaban J connectivity index is 0.000000662. The van der Waals surface area contributed by atoms with Gasteiger partial charge in [0.05, 0.1) is 29.8 Å². The molecule has 31 heteroatoms. The molecule has 6 aromatic carbocycles. The number of carbonyl (C=O) groups excluding carboxylic acids is 9. The van der Waals surface area contributed by atoms with Gasteiger partial charge >= 0.3 is 42.3 Å². The normalized spacial score (nSPS) is 11.5. The number of ether oxygens (including phenoxy) is 4. The Kier molecular flexibility index (Phi) is 45.8. The average molecular weight is 1570 g/mol. The Hall–Kier alpha value is -12.5. The van der Waals surface area contributed by atoms with Crippen LogP contribution in [0.1, 0.15) is 229 Å². The Labute approximate surface area is 659 Å². The number of imide groups is 1. The number of nitrogens with zero attached hydrogens (tertiary/aromatic N) is 4. The number of nitrogens with one attached hydrogen (secondary N) is 5. The Bertz CT molecular complexity index is 4000. The van der Waals surface area contributed by atoms with Crippen LogP contribution < -0.4 is 32.3 Å². The molecule has 0 radical (unpaired) electrons. The van der Waals surface area contributed by atoms with E-state index in [0.29, 0.717) is 60.8 Å².